The molecule has 0 aliphatic heterocycles. The molecule has 0 aromatic heterocycles. The molecule has 2 rings (SSSR count). The number of nitrogen functional groups attached to an aromatic ring is 1. The molecule has 0 saturated carbocycles. The van der Waals surface area contributed by atoms with Crippen LogP contribution in [0, 0.1) is 6.92 Å². The molecular formula is C19H26N2O3. The monoisotopic (exact) mass is 330 g/mol. The number of amides is 1. The summed E-state index contributed by atoms with van der Waals surface area (Å²) in [5.74, 6) is 1.24. The van der Waals surface area contributed by atoms with Crippen molar-refractivity contribution in [3.05, 3.63) is 53.1 Å². The van der Waals surface area contributed by atoms with Crippen LogP contribution in [0.15, 0.2) is 36.4 Å². The van der Waals surface area contributed by atoms with Gasteiger partial charge in [0.25, 0.3) is 5.91 Å². The van der Waals surface area contributed by atoms with E-state index < -0.39 is 0 Å². The van der Waals surface area contributed by atoms with E-state index in [9.17, 15) is 4.79 Å². The Kier molecular flexibility index (Phi) is 7.62. The Balaban J connectivity index is 0.00000139. The Morgan fingerprint density at radius 2 is 1.79 bits per heavy atom. The molecule has 2 aromatic rings. The molecule has 5 nitrogen and oxygen atoms in total. The van der Waals surface area contributed by atoms with Crippen molar-refractivity contribution in [3.8, 4) is 11.5 Å². The number of methoxy groups -OCH3 is 2. The predicted molar refractivity (Wildman–Crippen MR) is 97.7 cm³/mol. The standard InChI is InChI=1S/C17H20N2O3.C2H6/c1-11-8-13(18)5-7-15(11)17(20)19-10-12-4-6-14(21-2)9-16(12)22-3;1-2/h4-9H,10,18H2,1-3H3,(H,19,20);1-2H3. The Hall–Kier alpha value is -2.69. The second kappa shape index (κ2) is 9.45. The molecule has 0 bridgehead atoms. The summed E-state index contributed by atoms with van der Waals surface area (Å²) in [6, 6.07) is 10.7. The summed E-state index contributed by atoms with van der Waals surface area (Å²) in [4.78, 5) is 12.3. The average Bonchev–Trinajstić information content (AvgIpc) is 2.61. The van der Waals surface area contributed by atoms with E-state index in [4.69, 9.17) is 15.2 Å². The molecule has 130 valence electrons. The van der Waals surface area contributed by atoms with Crippen molar-refractivity contribution in [1.29, 1.82) is 0 Å². The van der Waals surface area contributed by atoms with Gasteiger partial charge in [0, 0.05) is 29.4 Å². The zero-order valence-electron chi connectivity index (χ0n) is 15.0. The summed E-state index contributed by atoms with van der Waals surface area (Å²) in [7, 11) is 3.18. The van der Waals surface area contributed by atoms with Gasteiger partial charge in [0.05, 0.1) is 14.2 Å². The highest BCUT2D eigenvalue weighted by Gasteiger charge is 2.11. The number of ether oxygens (including phenoxy) is 2. The second-order valence-electron chi connectivity index (χ2n) is 4.93. The van der Waals surface area contributed by atoms with Crippen LogP contribution in [-0.4, -0.2) is 20.1 Å². The van der Waals surface area contributed by atoms with Gasteiger partial charge in [-0.3, -0.25) is 4.79 Å². The molecule has 0 radical (unpaired) electrons. The molecule has 3 N–H and O–H groups in total. The van der Waals surface area contributed by atoms with E-state index in [0.29, 0.717) is 29.3 Å². The van der Waals surface area contributed by atoms with Gasteiger partial charge in [-0.1, -0.05) is 13.8 Å². The smallest absolute Gasteiger partial charge is 0.251 e. The fraction of sp³-hybridized carbons (Fsp3) is 0.316. The van der Waals surface area contributed by atoms with Crippen LogP contribution in [0.5, 0.6) is 11.5 Å². The minimum absolute atomic E-state index is 0.143. The average molecular weight is 330 g/mol. The van der Waals surface area contributed by atoms with E-state index in [1.165, 1.54) is 0 Å². The molecular weight excluding hydrogens is 304 g/mol. The third-order valence-corrected chi connectivity index (χ3v) is 3.43. The second-order valence-corrected chi connectivity index (χ2v) is 4.93. The molecule has 0 aliphatic carbocycles. The maximum atomic E-state index is 12.3. The Morgan fingerprint density at radius 3 is 2.38 bits per heavy atom. The van der Waals surface area contributed by atoms with E-state index in [1.54, 1.807) is 38.5 Å². The van der Waals surface area contributed by atoms with Crippen molar-refractivity contribution in [2.75, 3.05) is 20.0 Å². The summed E-state index contributed by atoms with van der Waals surface area (Å²) in [6.07, 6.45) is 0. The Morgan fingerprint density at radius 1 is 1.08 bits per heavy atom. The maximum absolute atomic E-state index is 12.3. The van der Waals surface area contributed by atoms with Crippen LogP contribution in [0.3, 0.4) is 0 Å². The molecule has 0 atom stereocenters. The number of anilines is 1. The highest BCUT2D eigenvalue weighted by atomic mass is 16.5. The Labute approximate surface area is 143 Å². The van der Waals surface area contributed by atoms with Crippen molar-refractivity contribution < 1.29 is 14.3 Å². The van der Waals surface area contributed by atoms with Gasteiger partial charge in [-0.05, 0) is 42.8 Å². The SMILES string of the molecule is CC.COc1ccc(CNC(=O)c2ccc(N)cc2C)c(OC)c1. The van der Waals surface area contributed by atoms with Gasteiger partial charge in [0.2, 0.25) is 0 Å². The number of aryl methyl sites for hydroxylation is 1. The number of benzene rings is 2. The number of carbonyl (C=O) groups is 1. The molecule has 0 heterocycles. The van der Waals surface area contributed by atoms with Crippen molar-refractivity contribution in [1.82, 2.24) is 5.32 Å². The van der Waals surface area contributed by atoms with Gasteiger partial charge in [0.1, 0.15) is 11.5 Å². The van der Waals surface area contributed by atoms with E-state index in [-0.39, 0.29) is 5.91 Å². The van der Waals surface area contributed by atoms with Gasteiger partial charge in [0.15, 0.2) is 0 Å². The third kappa shape index (κ3) is 4.91. The molecule has 0 spiro atoms. The van der Waals surface area contributed by atoms with E-state index in [2.05, 4.69) is 5.32 Å². The lowest BCUT2D eigenvalue weighted by Gasteiger charge is -2.12. The number of carbonyl (C=O) groups excluding carboxylic acids is 1. The number of nitrogens with two attached hydrogens (primary N) is 1. The number of nitrogens with one attached hydrogen (secondary N) is 1. The lowest BCUT2D eigenvalue weighted by molar-refractivity contribution is 0.0950. The van der Waals surface area contributed by atoms with Crippen molar-refractivity contribution in [3.63, 3.8) is 0 Å². The van der Waals surface area contributed by atoms with Crippen molar-refractivity contribution >= 4 is 11.6 Å². The molecule has 0 unspecified atom stereocenters. The highest BCUT2D eigenvalue weighted by Crippen LogP contribution is 2.24. The van der Waals surface area contributed by atoms with Gasteiger partial charge in [-0.25, -0.2) is 0 Å². The first-order valence-electron chi connectivity index (χ1n) is 7.90. The first kappa shape index (κ1) is 19.4. The van der Waals surface area contributed by atoms with Crippen LogP contribution < -0.4 is 20.5 Å². The van der Waals surface area contributed by atoms with Crippen LogP contribution >= 0.6 is 0 Å². The molecule has 1 amide bonds. The summed E-state index contributed by atoms with van der Waals surface area (Å²) in [5, 5.41) is 2.89. The largest absolute Gasteiger partial charge is 0.497 e. The molecule has 24 heavy (non-hydrogen) atoms. The van der Waals surface area contributed by atoms with Crippen molar-refractivity contribution in [2.45, 2.75) is 27.3 Å². The third-order valence-electron chi connectivity index (χ3n) is 3.43. The topological polar surface area (TPSA) is 73.6 Å². The van der Waals surface area contributed by atoms with E-state index >= 15 is 0 Å². The number of hydrogen-bond donors (Lipinski definition) is 2. The van der Waals surface area contributed by atoms with E-state index in [0.717, 1.165) is 11.1 Å². The lowest BCUT2D eigenvalue weighted by atomic mass is 10.1. The molecule has 0 aliphatic rings. The van der Waals surface area contributed by atoms with Gasteiger partial charge >= 0.3 is 0 Å². The fourth-order valence-corrected chi connectivity index (χ4v) is 2.21. The molecule has 0 fully saturated rings. The molecule has 5 heteroatoms. The quantitative estimate of drug-likeness (QED) is 0.822. The first-order chi connectivity index (χ1) is 11.5. The summed E-state index contributed by atoms with van der Waals surface area (Å²) < 4.78 is 10.5. The zero-order chi connectivity index (χ0) is 18.1. The summed E-state index contributed by atoms with van der Waals surface area (Å²) in [5.41, 5.74) is 8.68. The van der Waals surface area contributed by atoms with Crippen LogP contribution in [0.4, 0.5) is 5.69 Å². The fourth-order valence-electron chi connectivity index (χ4n) is 2.21. The van der Waals surface area contributed by atoms with Crippen LogP contribution in [0.2, 0.25) is 0 Å². The van der Waals surface area contributed by atoms with Crippen LogP contribution in [0.25, 0.3) is 0 Å². The highest BCUT2D eigenvalue weighted by molar-refractivity contribution is 5.96. The molecule has 2 aromatic carbocycles. The maximum Gasteiger partial charge on any atom is 0.251 e. The normalized spacial score (nSPS) is 9.54. The number of hydrogen-bond acceptors (Lipinski definition) is 4. The first-order valence-corrected chi connectivity index (χ1v) is 7.90. The van der Waals surface area contributed by atoms with Crippen LogP contribution in [0.1, 0.15) is 35.3 Å². The minimum atomic E-state index is -0.143. The van der Waals surface area contributed by atoms with Gasteiger partial charge in [-0.15, -0.1) is 0 Å². The summed E-state index contributed by atoms with van der Waals surface area (Å²) >= 11 is 0. The predicted octanol–water partition coefficient (Wildman–Crippen LogP) is 3.55. The summed E-state index contributed by atoms with van der Waals surface area (Å²) in [6.45, 7) is 6.23. The Bertz CT molecular complexity index is 684. The minimum Gasteiger partial charge on any atom is -0.497 e. The van der Waals surface area contributed by atoms with Crippen LogP contribution in [-0.2, 0) is 6.54 Å². The zero-order valence-corrected chi connectivity index (χ0v) is 15.0. The van der Waals surface area contributed by atoms with Crippen molar-refractivity contribution in [2.24, 2.45) is 0 Å². The number of rotatable bonds is 5. The van der Waals surface area contributed by atoms with Gasteiger partial charge < -0.3 is 20.5 Å². The van der Waals surface area contributed by atoms with Gasteiger partial charge in [-0.2, -0.15) is 0 Å². The lowest BCUT2D eigenvalue weighted by Crippen LogP contribution is -2.23. The van der Waals surface area contributed by atoms with E-state index in [1.807, 2.05) is 32.9 Å². The molecule has 0 saturated heterocycles.